The highest BCUT2D eigenvalue weighted by Gasteiger charge is 2.40. The molecule has 1 unspecified atom stereocenters. The number of para-hydroxylation sites is 1. The van der Waals surface area contributed by atoms with Gasteiger partial charge in [-0.25, -0.2) is 0 Å². The van der Waals surface area contributed by atoms with Crippen molar-refractivity contribution in [1.29, 1.82) is 0 Å². The predicted octanol–water partition coefficient (Wildman–Crippen LogP) is 5.40. The van der Waals surface area contributed by atoms with E-state index in [-0.39, 0.29) is 24.0 Å². The highest BCUT2D eigenvalue weighted by molar-refractivity contribution is 6.07. The van der Waals surface area contributed by atoms with Crippen molar-refractivity contribution in [1.82, 2.24) is 4.98 Å². The van der Waals surface area contributed by atoms with Crippen molar-refractivity contribution in [3.05, 3.63) is 96.0 Å². The van der Waals surface area contributed by atoms with Crippen LogP contribution in [0, 0.1) is 0 Å². The van der Waals surface area contributed by atoms with E-state index in [1.54, 1.807) is 11.1 Å². The predicted molar refractivity (Wildman–Crippen MR) is 118 cm³/mol. The second kappa shape index (κ2) is 8.19. The summed E-state index contributed by atoms with van der Waals surface area (Å²) in [6.07, 6.45) is 3.94. The van der Waals surface area contributed by atoms with Gasteiger partial charge in [0.15, 0.2) is 5.78 Å². The van der Waals surface area contributed by atoms with Gasteiger partial charge in [0.05, 0.1) is 0 Å². The first kappa shape index (κ1) is 19.2. The molecule has 3 aromatic rings. The summed E-state index contributed by atoms with van der Waals surface area (Å²) in [7, 11) is 0. The monoisotopic (exact) mass is 410 g/mol. The standard InChI is InChI=1S/C26H22N2O3/c29-24-11-6-10-23-26(24)21(22-9-4-5-16-27-22)17-25(30)28(23)18-12-14-20(15-13-18)31-19-7-2-1-3-8-19/h1-5,7-9,12-16,21H,6,10-11,17H2. The molecule has 1 atom stereocenters. The fourth-order valence-electron chi connectivity index (χ4n) is 4.42. The van der Waals surface area contributed by atoms with Gasteiger partial charge in [-0.1, -0.05) is 24.3 Å². The van der Waals surface area contributed by atoms with E-state index in [9.17, 15) is 9.59 Å². The Morgan fingerprint density at radius 2 is 1.58 bits per heavy atom. The smallest absolute Gasteiger partial charge is 0.232 e. The maximum Gasteiger partial charge on any atom is 0.232 e. The third kappa shape index (κ3) is 3.75. The molecular formula is C26H22N2O3. The van der Waals surface area contributed by atoms with Gasteiger partial charge >= 0.3 is 0 Å². The molecule has 0 saturated carbocycles. The SMILES string of the molecule is O=C1CCCC2=C1C(c1ccccn1)CC(=O)N2c1ccc(Oc2ccccc2)cc1. The Balaban J connectivity index is 1.49. The van der Waals surface area contributed by atoms with Crippen LogP contribution in [0.5, 0.6) is 11.5 Å². The lowest BCUT2D eigenvalue weighted by atomic mass is 9.78. The molecule has 5 heteroatoms. The van der Waals surface area contributed by atoms with E-state index >= 15 is 0 Å². The minimum Gasteiger partial charge on any atom is -0.457 e. The number of nitrogens with zero attached hydrogens (tertiary/aromatic N) is 2. The number of pyridine rings is 1. The zero-order valence-corrected chi connectivity index (χ0v) is 17.0. The number of Topliss-reactive ketones (excluding diaryl/α,β-unsaturated/α-hetero) is 1. The Bertz CT molecular complexity index is 1140. The maximum absolute atomic E-state index is 13.2. The number of allylic oxidation sites excluding steroid dienone is 2. The maximum atomic E-state index is 13.2. The molecule has 2 aliphatic rings. The topological polar surface area (TPSA) is 59.5 Å². The molecule has 0 radical (unpaired) electrons. The lowest BCUT2D eigenvalue weighted by molar-refractivity contribution is -0.120. The van der Waals surface area contributed by atoms with Gasteiger partial charge in [-0.15, -0.1) is 0 Å². The van der Waals surface area contributed by atoms with E-state index in [1.807, 2.05) is 72.8 Å². The summed E-state index contributed by atoms with van der Waals surface area (Å²) in [5, 5.41) is 0. The molecule has 2 heterocycles. The van der Waals surface area contributed by atoms with Crippen LogP contribution >= 0.6 is 0 Å². The van der Waals surface area contributed by atoms with Crippen molar-refractivity contribution in [2.45, 2.75) is 31.6 Å². The third-order valence-corrected chi connectivity index (χ3v) is 5.79. The van der Waals surface area contributed by atoms with Crippen LogP contribution in [0.3, 0.4) is 0 Å². The van der Waals surface area contributed by atoms with E-state index < -0.39 is 0 Å². The van der Waals surface area contributed by atoms with Crippen molar-refractivity contribution < 1.29 is 14.3 Å². The van der Waals surface area contributed by atoms with E-state index in [0.29, 0.717) is 18.6 Å². The summed E-state index contributed by atoms with van der Waals surface area (Å²) in [6.45, 7) is 0. The highest BCUT2D eigenvalue weighted by atomic mass is 16.5. The van der Waals surface area contributed by atoms with Gasteiger partial charge in [-0.2, -0.15) is 0 Å². The van der Waals surface area contributed by atoms with E-state index in [2.05, 4.69) is 4.98 Å². The third-order valence-electron chi connectivity index (χ3n) is 5.79. The van der Waals surface area contributed by atoms with E-state index in [4.69, 9.17) is 4.74 Å². The number of hydrogen-bond donors (Lipinski definition) is 0. The van der Waals surface area contributed by atoms with Gasteiger partial charge in [-0.05, 0) is 61.4 Å². The molecule has 0 fully saturated rings. The molecule has 1 aromatic heterocycles. The molecule has 2 aromatic carbocycles. The normalized spacial score (nSPS) is 18.7. The van der Waals surface area contributed by atoms with E-state index in [0.717, 1.165) is 34.8 Å². The Hall–Kier alpha value is -3.73. The molecule has 31 heavy (non-hydrogen) atoms. The molecule has 0 spiro atoms. The van der Waals surface area contributed by atoms with Crippen LogP contribution in [-0.2, 0) is 9.59 Å². The molecule has 1 aliphatic carbocycles. The molecule has 0 N–H and O–H groups in total. The average molecular weight is 410 g/mol. The molecule has 0 bridgehead atoms. The Labute approximate surface area is 181 Å². The number of aromatic nitrogens is 1. The van der Waals surface area contributed by atoms with Crippen LogP contribution in [0.4, 0.5) is 5.69 Å². The first-order valence-corrected chi connectivity index (χ1v) is 10.5. The number of carbonyl (C=O) groups is 2. The van der Waals surface area contributed by atoms with Crippen LogP contribution in [0.15, 0.2) is 90.3 Å². The second-order valence-corrected chi connectivity index (χ2v) is 7.79. The van der Waals surface area contributed by atoms with Gasteiger partial charge in [0.25, 0.3) is 0 Å². The molecule has 154 valence electrons. The summed E-state index contributed by atoms with van der Waals surface area (Å²) >= 11 is 0. The average Bonchev–Trinajstić information content (AvgIpc) is 2.81. The quantitative estimate of drug-likeness (QED) is 0.578. The number of carbonyl (C=O) groups excluding carboxylic acids is 2. The summed E-state index contributed by atoms with van der Waals surface area (Å²) in [6, 6.07) is 22.7. The fraction of sp³-hybridized carbons (Fsp3) is 0.192. The van der Waals surface area contributed by atoms with Gasteiger partial charge in [-0.3, -0.25) is 19.5 Å². The van der Waals surface area contributed by atoms with Crippen LogP contribution in [0.25, 0.3) is 0 Å². The van der Waals surface area contributed by atoms with Gasteiger partial charge in [0.1, 0.15) is 11.5 Å². The second-order valence-electron chi connectivity index (χ2n) is 7.79. The van der Waals surface area contributed by atoms with E-state index in [1.165, 1.54) is 0 Å². The number of anilines is 1. The molecule has 1 amide bonds. The Morgan fingerprint density at radius 1 is 0.839 bits per heavy atom. The van der Waals surface area contributed by atoms with Gasteiger partial charge in [0.2, 0.25) is 5.91 Å². The zero-order chi connectivity index (χ0) is 21.2. The first-order valence-electron chi connectivity index (χ1n) is 10.5. The molecule has 1 aliphatic heterocycles. The first-order chi connectivity index (χ1) is 15.2. The highest BCUT2D eigenvalue weighted by Crippen LogP contribution is 2.43. The van der Waals surface area contributed by atoms with Crippen LogP contribution in [-0.4, -0.2) is 16.7 Å². The number of ketones is 1. The number of amides is 1. The summed E-state index contributed by atoms with van der Waals surface area (Å²) in [5.74, 6) is 1.29. The van der Waals surface area contributed by atoms with Crippen molar-refractivity contribution in [2.24, 2.45) is 0 Å². The zero-order valence-electron chi connectivity index (χ0n) is 17.0. The molecule has 5 nitrogen and oxygen atoms in total. The largest absolute Gasteiger partial charge is 0.457 e. The molecule has 0 saturated heterocycles. The minimum absolute atomic E-state index is 0.0131. The van der Waals surface area contributed by atoms with Crippen molar-refractivity contribution >= 4 is 17.4 Å². The number of rotatable bonds is 4. The summed E-state index contributed by atoms with van der Waals surface area (Å²) < 4.78 is 5.87. The van der Waals surface area contributed by atoms with Gasteiger partial charge < -0.3 is 4.74 Å². The van der Waals surface area contributed by atoms with Gasteiger partial charge in [0, 0.05) is 47.6 Å². The molecule has 5 rings (SSSR count). The van der Waals surface area contributed by atoms with Crippen molar-refractivity contribution in [2.75, 3.05) is 4.90 Å². The van der Waals surface area contributed by atoms with Crippen molar-refractivity contribution in [3.63, 3.8) is 0 Å². The molecular weight excluding hydrogens is 388 g/mol. The summed E-state index contributed by atoms with van der Waals surface area (Å²) in [5.41, 5.74) is 3.10. The Kier molecular flexibility index (Phi) is 5.08. The van der Waals surface area contributed by atoms with Crippen LogP contribution in [0.2, 0.25) is 0 Å². The van der Waals surface area contributed by atoms with Crippen LogP contribution in [0.1, 0.15) is 37.3 Å². The van der Waals surface area contributed by atoms with Crippen LogP contribution < -0.4 is 9.64 Å². The number of ether oxygens (including phenoxy) is 1. The number of benzene rings is 2. The minimum atomic E-state index is -0.270. The lowest BCUT2D eigenvalue weighted by Crippen LogP contribution is -2.40. The summed E-state index contributed by atoms with van der Waals surface area (Å²) in [4.78, 5) is 32.3. The van der Waals surface area contributed by atoms with Crippen molar-refractivity contribution in [3.8, 4) is 11.5 Å². The Morgan fingerprint density at radius 3 is 2.32 bits per heavy atom. The number of hydrogen-bond acceptors (Lipinski definition) is 4. The fourth-order valence-corrected chi connectivity index (χ4v) is 4.42. The lowest BCUT2D eigenvalue weighted by Gasteiger charge is -2.38.